The van der Waals surface area contributed by atoms with Gasteiger partial charge in [-0.05, 0) is 19.1 Å². The summed E-state index contributed by atoms with van der Waals surface area (Å²) in [7, 11) is 0. The molecule has 0 amide bonds. The third-order valence-corrected chi connectivity index (χ3v) is 2.84. The third-order valence-electron chi connectivity index (χ3n) is 2.04. The van der Waals surface area contributed by atoms with E-state index < -0.39 is 5.72 Å². The van der Waals surface area contributed by atoms with Crippen LogP contribution in [0.4, 0.5) is 0 Å². The molecule has 0 saturated heterocycles. The van der Waals surface area contributed by atoms with Gasteiger partial charge in [0.1, 0.15) is 5.72 Å². The first-order chi connectivity index (χ1) is 6.97. The first kappa shape index (κ1) is 12.9. The lowest BCUT2D eigenvalue weighted by Gasteiger charge is -2.26. The van der Waals surface area contributed by atoms with Crippen molar-refractivity contribution in [1.82, 2.24) is 5.32 Å². The van der Waals surface area contributed by atoms with Crippen molar-refractivity contribution in [3.05, 3.63) is 33.3 Å². The Balaban J connectivity index is 2.93. The highest BCUT2D eigenvalue weighted by Crippen LogP contribution is 2.28. The quantitative estimate of drug-likeness (QED) is 0.743. The molecule has 3 N–H and O–H groups in total. The summed E-state index contributed by atoms with van der Waals surface area (Å²) >= 11 is 9.29. The number of nitrogens with one attached hydrogen (secondary N) is 1. The number of aliphatic hydroxyl groups excluding tert-OH is 1. The van der Waals surface area contributed by atoms with Gasteiger partial charge in [-0.15, -0.1) is 0 Å². The lowest BCUT2D eigenvalue weighted by atomic mass is 10.0. The normalized spacial score (nSPS) is 15.0. The standard InChI is InChI=1S/C10H13BrClNO2/c1-10(15,13-4-5-14)8-3-2-7(11)6-9(8)12/h2-3,6,13-15H,4-5H2,1H3. The second kappa shape index (κ2) is 5.27. The van der Waals surface area contributed by atoms with E-state index in [-0.39, 0.29) is 6.61 Å². The number of hydrogen-bond donors (Lipinski definition) is 3. The first-order valence-electron chi connectivity index (χ1n) is 4.51. The van der Waals surface area contributed by atoms with Gasteiger partial charge in [0.25, 0.3) is 0 Å². The van der Waals surface area contributed by atoms with Gasteiger partial charge in [0, 0.05) is 21.6 Å². The van der Waals surface area contributed by atoms with Gasteiger partial charge >= 0.3 is 0 Å². The second-order valence-electron chi connectivity index (χ2n) is 3.35. The molecule has 3 nitrogen and oxygen atoms in total. The minimum atomic E-state index is -1.24. The Morgan fingerprint density at radius 1 is 1.53 bits per heavy atom. The summed E-state index contributed by atoms with van der Waals surface area (Å²) in [6.07, 6.45) is 0. The van der Waals surface area contributed by atoms with E-state index in [9.17, 15) is 5.11 Å². The molecule has 1 rings (SSSR count). The van der Waals surface area contributed by atoms with Crippen molar-refractivity contribution in [3.63, 3.8) is 0 Å². The Hall–Kier alpha value is -0.130. The molecule has 5 heteroatoms. The molecule has 1 unspecified atom stereocenters. The molecule has 0 aliphatic carbocycles. The zero-order chi connectivity index (χ0) is 11.5. The highest BCUT2D eigenvalue weighted by molar-refractivity contribution is 9.10. The lowest BCUT2D eigenvalue weighted by molar-refractivity contribution is 0.0160. The van der Waals surface area contributed by atoms with Crippen LogP contribution in [0, 0.1) is 0 Å². The molecule has 0 aliphatic heterocycles. The molecule has 0 bridgehead atoms. The second-order valence-corrected chi connectivity index (χ2v) is 4.67. The zero-order valence-electron chi connectivity index (χ0n) is 8.30. The number of benzene rings is 1. The Labute approximate surface area is 102 Å². The summed E-state index contributed by atoms with van der Waals surface area (Å²) in [4.78, 5) is 0. The monoisotopic (exact) mass is 293 g/mol. The van der Waals surface area contributed by atoms with Crippen LogP contribution in [0.2, 0.25) is 5.02 Å². The summed E-state index contributed by atoms with van der Waals surface area (Å²) < 4.78 is 0.856. The number of halogens is 2. The summed E-state index contributed by atoms with van der Waals surface area (Å²) in [5.41, 5.74) is -0.652. The molecule has 15 heavy (non-hydrogen) atoms. The molecular weight excluding hydrogens is 281 g/mol. The van der Waals surface area contributed by atoms with E-state index in [1.54, 1.807) is 25.1 Å². The molecule has 1 aromatic rings. The zero-order valence-corrected chi connectivity index (χ0v) is 10.6. The predicted octanol–water partition coefficient (Wildman–Crippen LogP) is 1.85. The van der Waals surface area contributed by atoms with Crippen molar-refractivity contribution in [1.29, 1.82) is 0 Å². The maximum Gasteiger partial charge on any atom is 0.140 e. The molecule has 0 radical (unpaired) electrons. The van der Waals surface area contributed by atoms with E-state index in [0.717, 1.165) is 4.47 Å². The van der Waals surface area contributed by atoms with Crippen molar-refractivity contribution in [3.8, 4) is 0 Å². The summed E-state index contributed by atoms with van der Waals surface area (Å²) in [6.45, 7) is 1.86. The molecule has 0 spiro atoms. The molecule has 0 aromatic heterocycles. The van der Waals surface area contributed by atoms with E-state index >= 15 is 0 Å². The van der Waals surface area contributed by atoms with Crippen LogP contribution in [0.25, 0.3) is 0 Å². The van der Waals surface area contributed by atoms with Gasteiger partial charge in [-0.25, -0.2) is 0 Å². The Kier molecular flexibility index (Phi) is 4.55. The maximum absolute atomic E-state index is 10.1. The Morgan fingerprint density at radius 3 is 2.73 bits per heavy atom. The van der Waals surface area contributed by atoms with Crippen LogP contribution >= 0.6 is 27.5 Å². The Bertz CT molecular complexity index is 344. The Morgan fingerprint density at radius 2 is 2.20 bits per heavy atom. The van der Waals surface area contributed by atoms with Gasteiger partial charge in [-0.3, -0.25) is 5.32 Å². The highest BCUT2D eigenvalue weighted by atomic mass is 79.9. The van der Waals surface area contributed by atoms with Crippen LogP contribution in [0.5, 0.6) is 0 Å². The molecule has 0 aliphatic rings. The predicted molar refractivity (Wildman–Crippen MR) is 63.8 cm³/mol. The average molecular weight is 295 g/mol. The van der Waals surface area contributed by atoms with E-state index in [2.05, 4.69) is 21.2 Å². The van der Waals surface area contributed by atoms with Gasteiger partial charge < -0.3 is 10.2 Å². The van der Waals surface area contributed by atoms with Crippen molar-refractivity contribution in [2.75, 3.05) is 13.2 Å². The van der Waals surface area contributed by atoms with Crippen molar-refractivity contribution >= 4 is 27.5 Å². The minimum Gasteiger partial charge on any atom is -0.395 e. The van der Waals surface area contributed by atoms with E-state index in [0.29, 0.717) is 17.1 Å². The first-order valence-corrected chi connectivity index (χ1v) is 5.68. The van der Waals surface area contributed by atoms with Gasteiger partial charge in [-0.1, -0.05) is 33.6 Å². The van der Waals surface area contributed by atoms with Crippen LogP contribution in [0.3, 0.4) is 0 Å². The van der Waals surface area contributed by atoms with Gasteiger partial charge in [0.05, 0.1) is 6.61 Å². The molecule has 84 valence electrons. The molecule has 0 fully saturated rings. The van der Waals surface area contributed by atoms with E-state index in [1.165, 1.54) is 0 Å². The molecule has 1 aromatic carbocycles. The largest absolute Gasteiger partial charge is 0.395 e. The SMILES string of the molecule is CC(O)(NCCO)c1ccc(Br)cc1Cl. The average Bonchev–Trinajstić information content (AvgIpc) is 2.14. The van der Waals surface area contributed by atoms with Crippen molar-refractivity contribution in [2.45, 2.75) is 12.6 Å². The number of hydrogen-bond acceptors (Lipinski definition) is 3. The number of aliphatic hydroxyl groups is 2. The van der Waals surface area contributed by atoms with Crippen molar-refractivity contribution < 1.29 is 10.2 Å². The van der Waals surface area contributed by atoms with Crippen LogP contribution in [-0.4, -0.2) is 23.4 Å². The molecule has 1 atom stereocenters. The topological polar surface area (TPSA) is 52.5 Å². The fourth-order valence-corrected chi connectivity index (χ4v) is 2.14. The third kappa shape index (κ3) is 3.43. The summed E-state index contributed by atoms with van der Waals surface area (Å²) in [5.74, 6) is 0. The highest BCUT2D eigenvalue weighted by Gasteiger charge is 2.24. The maximum atomic E-state index is 10.1. The molecule has 0 heterocycles. The number of rotatable bonds is 4. The fraction of sp³-hybridized carbons (Fsp3) is 0.400. The van der Waals surface area contributed by atoms with Gasteiger partial charge in [0.2, 0.25) is 0 Å². The van der Waals surface area contributed by atoms with Crippen LogP contribution in [0.1, 0.15) is 12.5 Å². The van der Waals surface area contributed by atoms with Gasteiger partial charge in [-0.2, -0.15) is 0 Å². The molecule has 0 saturated carbocycles. The van der Waals surface area contributed by atoms with Crippen LogP contribution < -0.4 is 5.32 Å². The van der Waals surface area contributed by atoms with Crippen LogP contribution in [-0.2, 0) is 5.72 Å². The van der Waals surface area contributed by atoms with E-state index in [1.807, 2.05) is 0 Å². The summed E-state index contributed by atoms with van der Waals surface area (Å²) in [6, 6.07) is 5.25. The van der Waals surface area contributed by atoms with Crippen molar-refractivity contribution in [2.24, 2.45) is 0 Å². The van der Waals surface area contributed by atoms with E-state index in [4.69, 9.17) is 16.7 Å². The fourth-order valence-electron chi connectivity index (χ4n) is 1.28. The summed E-state index contributed by atoms with van der Waals surface area (Å²) in [5, 5.41) is 22.0. The smallest absolute Gasteiger partial charge is 0.140 e. The molecular formula is C10H13BrClNO2. The van der Waals surface area contributed by atoms with Crippen LogP contribution in [0.15, 0.2) is 22.7 Å². The lowest BCUT2D eigenvalue weighted by Crippen LogP contribution is -2.41. The minimum absolute atomic E-state index is 0.0374. The van der Waals surface area contributed by atoms with Gasteiger partial charge in [0.15, 0.2) is 0 Å².